The Labute approximate surface area is 111 Å². The number of hydrogen-bond acceptors (Lipinski definition) is 4. The molecule has 0 N–H and O–H groups in total. The monoisotopic (exact) mass is 254 g/mol. The van der Waals surface area contributed by atoms with Crippen LogP contribution in [-0.4, -0.2) is 9.97 Å². The predicted molar refractivity (Wildman–Crippen MR) is 72.1 cm³/mol. The van der Waals surface area contributed by atoms with Crippen molar-refractivity contribution in [1.29, 1.82) is 0 Å². The minimum absolute atomic E-state index is 0.308. The molecule has 0 amide bonds. The van der Waals surface area contributed by atoms with Gasteiger partial charge in [0.15, 0.2) is 17.8 Å². The van der Waals surface area contributed by atoms with E-state index in [4.69, 9.17) is 9.15 Å². The summed E-state index contributed by atoms with van der Waals surface area (Å²) < 4.78 is 11.4. The number of aromatic nitrogens is 2. The van der Waals surface area contributed by atoms with Gasteiger partial charge in [0.2, 0.25) is 5.89 Å². The molecule has 0 spiro atoms. The lowest BCUT2D eigenvalue weighted by Crippen LogP contribution is -1.99. The smallest absolute Gasteiger partial charge is 0.235 e. The molecule has 1 aromatic carbocycles. The molecule has 0 aliphatic rings. The first-order valence-corrected chi connectivity index (χ1v) is 6.13. The third kappa shape index (κ3) is 2.29. The summed E-state index contributed by atoms with van der Waals surface area (Å²) in [5.74, 6) is 1.43. The molecule has 2 heterocycles. The summed E-state index contributed by atoms with van der Waals surface area (Å²) >= 11 is 0. The van der Waals surface area contributed by atoms with Crippen molar-refractivity contribution in [2.45, 2.75) is 20.5 Å². The average Bonchev–Trinajstić information content (AvgIpc) is 2.81. The van der Waals surface area contributed by atoms with Crippen molar-refractivity contribution >= 4 is 11.2 Å². The highest BCUT2D eigenvalue weighted by Gasteiger charge is 2.09. The van der Waals surface area contributed by atoms with Crippen LogP contribution < -0.4 is 4.74 Å². The van der Waals surface area contributed by atoms with Crippen molar-refractivity contribution < 1.29 is 9.15 Å². The Bertz CT molecular complexity index is 666. The molecule has 0 saturated carbocycles. The van der Waals surface area contributed by atoms with E-state index < -0.39 is 0 Å². The number of para-hydroxylation sites is 1. The zero-order chi connectivity index (χ0) is 13.2. The first-order chi connectivity index (χ1) is 9.24. The van der Waals surface area contributed by atoms with Gasteiger partial charge in [0.1, 0.15) is 5.75 Å². The Morgan fingerprint density at radius 2 is 1.89 bits per heavy atom. The van der Waals surface area contributed by atoms with Gasteiger partial charge in [-0.25, -0.2) is 4.98 Å². The second-order valence-electron chi connectivity index (χ2n) is 4.44. The van der Waals surface area contributed by atoms with Gasteiger partial charge in [-0.2, -0.15) is 4.98 Å². The summed E-state index contributed by atoms with van der Waals surface area (Å²) in [6, 6.07) is 9.73. The van der Waals surface area contributed by atoms with Crippen LogP contribution in [0.15, 0.2) is 40.9 Å². The summed E-state index contributed by atoms with van der Waals surface area (Å²) in [4.78, 5) is 8.42. The zero-order valence-corrected chi connectivity index (χ0v) is 10.9. The molecular weight excluding hydrogens is 240 g/mol. The molecule has 0 atom stereocenters. The van der Waals surface area contributed by atoms with Gasteiger partial charge >= 0.3 is 0 Å². The van der Waals surface area contributed by atoms with Crippen molar-refractivity contribution in [3.05, 3.63) is 53.5 Å². The summed E-state index contributed by atoms with van der Waals surface area (Å²) in [6.45, 7) is 4.36. The fraction of sp³-hybridized carbons (Fsp3) is 0.200. The number of oxazole rings is 1. The van der Waals surface area contributed by atoms with Gasteiger partial charge in [-0.1, -0.05) is 18.2 Å². The fourth-order valence-corrected chi connectivity index (χ4v) is 2.04. The third-order valence-corrected chi connectivity index (χ3v) is 2.96. The standard InChI is InChI=1S/C15H14N2O2/c1-10-5-3-6-11(2)14(10)18-9-13-17-15-12(19-13)7-4-8-16-15/h3-8H,9H2,1-2H3. The van der Waals surface area contributed by atoms with Crippen LogP contribution in [0.4, 0.5) is 0 Å². The molecule has 2 aromatic heterocycles. The van der Waals surface area contributed by atoms with Crippen molar-refractivity contribution in [3.63, 3.8) is 0 Å². The van der Waals surface area contributed by atoms with Gasteiger partial charge in [-0.05, 0) is 37.1 Å². The van der Waals surface area contributed by atoms with Crippen molar-refractivity contribution in [1.82, 2.24) is 9.97 Å². The highest BCUT2D eigenvalue weighted by Crippen LogP contribution is 2.23. The number of pyridine rings is 1. The van der Waals surface area contributed by atoms with Crippen molar-refractivity contribution in [2.24, 2.45) is 0 Å². The molecule has 4 nitrogen and oxygen atoms in total. The summed E-state index contributed by atoms with van der Waals surface area (Å²) in [5, 5.41) is 0. The first kappa shape index (κ1) is 11.7. The van der Waals surface area contributed by atoms with Gasteiger partial charge in [0.25, 0.3) is 0 Å². The Hall–Kier alpha value is -2.36. The lowest BCUT2D eigenvalue weighted by Gasteiger charge is -2.09. The predicted octanol–water partition coefficient (Wildman–Crippen LogP) is 3.42. The third-order valence-electron chi connectivity index (χ3n) is 2.96. The van der Waals surface area contributed by atoms with E-state index >= 15 is 0 Å². The summed E-state index contributed by atoms with van der Waals surface area (Å²) in [6.07, 6.45) is 1.70. The lowest BCUT2D eigenvalue weighted by atomic mass is 10.1. The maximum atomic E-state index is 5.80. The van der Waals surface area contributed by atoms with E-state index in [9.17, 15) is 0 Å². The van der Waals surface area contributed by atoms with Gasteiger partial charge in [0, 0.05) is 6.20 Å². The molecule has 96 valence electrons. The lowest BCUT2D eigenvalue weighted by molar-refractivity contribution is 0.264. The maximum Gasteiger partial charge on any atom is 0.235 e. The highest BCUT2D eigenvalue weighted by atomic mass is 16.5. The van der Waals surface area contributed by atoms with E-state index in [2.05, 4.69) is 9.97 Å². The molecule has 0 fully saturated rings. The number of fused-ring (bicyclic) bond motifs is 1. The van der Waals surface area contributed by atoms with E-state index in [1.165, 1.54) is 0 Å². The molecular formula is C15H14N2O2. The zero-order valence-electron chi connectivity index (χ0n) is 10.9. The quantitative estimate of drug-likeness (QED) is 0.718. The largest absolute Gasteiger partial charge is 0.483 e. The minimum atomic E-state index is 0.308. The van der Waals surface area contributed by atoms with Crippen LogP contribution in [0.3, 0.4) is 0 Å². The topological polar surface area (TPSA) is 48.2 Å². The van der Waals surface area contributed by atoms with E-state index in [1.807, 2.05) is 44.2 Å². The normalized spacial score (nSPS) is 10.8. The van der Waals surface area contributed by atoms with Gasteiger partial charge in [-0.3, -0.25) is 0 Å². The Balaban J connectivity index is 1.82. The number of benzene rings is 1. The molecule has 3 aromatic rings. The number of aryl methyl sites for hydroxylation is 2. The van der Waals surface area contributed by atoms with E-state index in [-0.39, 0.29) is 0 Å². The second-order valence-corrected chi connectivity index (χ2v) is 4.44. The Kier molecular flexibility index (Phi) is 2.91. The van der Waals surface area contributed by atoms with E-state index in [0.29, 0.717) is 23.7 Å². The molecule has 0 unspecified atom stereocenters. The van der Waals surface area contributed by atoms with Gasteiger partial charge in [-0.15, -0.1) is 0 Å². The molecule has 4 heteroatoms. The Morgan fingerprint density at radius 1 is 1.11 bits per heavy atom. The molecule has 0 aliphatic carbocycles. The molecule has 0 radical (unpaired) electrons. The fourth-order valence-electron chi connectivity index (χ4n) is 2.04. The van der Waals surface area contributed by atoms with Crippen LogP contribution >= 0.6 is 0 Å². The summed E-state index contributed by atoms with van der Waals surface area (Å²) in [5.41, 5.74) is 3.51. The van der Waals surface area contributed by atoms with Crippen molar-refractivity contribution in [3.8, 4) is 5.75 Å². The molecule has 19 heavy (non-hydrogen) atoms. The maximum absolute atomic E-state index is 5.80. The van der Waals surface area contributed by atoms with Gasteiger partial charge in [0.05, 0.1) is 0 Å². The molecule has 0 saturated heterocycles. The number of rotatable bonds is 3. The second kappa shape index (κ2) is 4.72. The summed E-state index contributed by atoms with van der Waals surface area (Å²) in [7, 11) is 0. The van der Waals surface area contributed by atoms with Crippen LogP contribution in [0.2, 0.25) is 0 Å². The van der Waals surface area contributed by atoms with Crippen LogP contribution in [0.25, 0.3) is 11.2 Å². The first-order valence-electron chi connectivity index (χ1n) is 6.13. The molecule has 0 aliphatic heterocycles. The van der Waals surface area contributed by atoms with E-state index in [1.54, 1.807) is 6.20 Å². The van der Waals surface area contributed by atoms with Gasteiger partial charge < -0.3 is 9.15 Å². The van der Waals surface area contributed by atoms with E-state index in [0.717, 1.165) is 16.9 Å². The average molecular weight is 254 g/mol. The van der Waals surface area contributed by atoms with Crippen LogP contribution in [0.5, 0.6) is 5.75 Å². The molecule has 0 bridgehead atoms. The van der Waals surface area contributed by atoms with Crippen LogP contribution in [-0.2, 0) is 6.61 Å². The van der Waals surface area contributed by atoms with Crippen molar-refractivity contribution in [2.75, 3.05) is 0 Å². The molecule has 3 rings (SSSR count). The van der Waals surface area contributed by atoms with Crippen LogP contribution in [0.1, 0.15) is 17.0 Å². The van der Waals surface area contributed by atoms with Crippen LogP contribution in [0, 0.1) is 13.8 Å². The minimum Gasteiger partial charge on any atom is -0.483 e. The number of ether oxygens (including phenoxy) is 1. The number of nitrogens with zero attached hydrogens (tertiary/aromatic N) is 2. The Morgan fingerprint density at radius 3 is 2.63 bits per heavy atom. The number of hydrogen-bond donors (Lipinski definition) is 0. The highest BCUT2D eigenvalue weighted by molar-refractivity contribution is 5.66. The SMILES string of the molecule is Cc1cccc(C)c1OCc1nc2ncccc2o1.